The van der Waals surface area contributed by atoms with E-state index in [2.05, 4.69) is 28.5 Å². The monoisotopic (exact) mass is 519 g/mol. The molecule has 6 nitrogen and oxygen atoms in total. The average Bonchev–Trinajstić information content (AvgIpc) is 3.44. The summed E-state index contributed by atoms with van der Waals surface area (Å²) in [5.41, 5.74) is 3.50. The van der Waals surface area contributed by atoms with Gasteiger partial charge in [0.2, 0.25) is 5.91 Å². The fourth-order valence-electron chi connectivity index (χ4n) is 4.21. The van der Waals surface area contributed by atoms with Gasteiger partial charge in [0.1, 0.15) is 11.1 Å². The zero-order valence-corrected chi connectivity index (χ0v) is 21.4. The lowest BCUT2D eigenvalue weighted by molar-refractivity contribution is -0.113. The lowest BCUT2D eigenvalue weighted by Crippen LogP contribution is -2.14. The molecule has 2 aromatic heterocycles. The van der Waals surface area contributed by atoms with Crippen molar-refractivity contribution in [1.82, 2.24) is 14.8 Å². The second kappa shape index (κ2) is 10.2. The first-order valence-corrected chi connectivity index (χ1v) is 13.5. The molecule has 176 valence electrons. The van der Waals surface area contributed by atoms with Crippen molar-refractivity contribution in [1.29, 1.82) is 5.26 Å². The van der Waals surface area contributed by atoms with Crippen molar-refractivity contribution >= 4 is 45.6 Å². The Labute approximate surface area is 217 Å². The molecule has 2 heterocycles. The Hall–Kier alpha value is -3.12. The van der Waals surface area contributed by atoms with Gasteiger partial charge < -0.3 is 5.32 Å². The Bertz CT molecular complexity index is 1410. The van der Waals surface area contributed by atoms with Crippen LogP contribution in [0.5, 0.6) is 0 Å². The largest absolute Gasteiger partial charge is 0.316 e. The molecule has 0 bridgehead atoms. The number of carbonyl (C=O) groups is 1. The quantitative estimate of drug-likeness (QED) is 0.299. The van der Waals surface area contributed by atoms with Gasteiger partial charge in [-0.1, -0.05) is 48.5 Å². The predicted octanol–water partition coefficient (Wildman–Crippen LogP) is 6.38. The summed E-state index contributed by atoms with van der Waals surface area (Å²) >= 11 is 8.91. The number of hydrogen-bond acceptors (Lipinski definition) is 6. The number of aromatic nitrogens is 3. The third-order valence-electron chi connectivity index (χ3n) is 5.96. The van der Waals surface area contributed by atoms with Crippen LogP contribution in [0.4, 0.5) is 5.00 Å². The summed E-state index contributed by atoms with van der Waals surface area (Å²) in [5.74, 6) is 1.25. The Morgan fingerprint density at radius 3 is 2.74 bits per heavy atom. The average molecular weight is 520 g/mol. The molecule has 35 heavy (non-hydrogen) atoms. The van der Waals surface area contributed by atoms with Crippen molar-refractivity contribution in [2.75, 3.05) is 11.1 Å². The Morgan fingerprint density at radius 2 is 2.00 bits per heavy atom. The molecule has 0 radical (unpaired) electrons. The number of nitrogens with one attached hydrogen (secondary N) is 1. The highest BCUT2D eigenvalue weighted by Crippen LogP contribution is 2.39. The van der Waals surface area contributed by atoms with E-state index in [4.69, 9.17) is 11.6 Å². The standard InChI is InChI=1S/C26H22ClN5OS2/c1-16-7-12-20-21(14-28)25(35-22(20)13-16)29-23(33)15-34-26-31-30-24(17-8-10-18(27)11-9-17)32(26)19-5-3-2-4-6-19/h2-6,8-11,16H,7,12-13,15H2,1H3,(H,29,33). The Kier molecular flexibility index (Phi) is 6.91. The minimum absolute atomic E-state index is 0.148. The second-order valence-electron chi connectivity index (χ2n) is 8.49. The number of nitrogens with zero attached hydrogens (tertiary/aromatic N) is 4. The smallest absolute Gasteiger partial charge is 0.235 e. The number of benzene rings is 2. The van der Waals surface area contributed by atoms with Crippen LogP contribution < -0.4 is 5.32 Å². The van der Waals surface area contributed by atoms with Crippen molar-refractivity contribution in [2.24, 2.45) is 5.92 Å². The van der Waals surface area contributed by atoms with Crippen LogP contribution in [0.1, 0.15) is 29.3 Å². The Morgan fingerprint density at radius 1 is 1.23 bits per heavy atom. The van der Waals surface area contributed by atoms with E-state index in [9.17, 15) is 10.1 Å². The molecule has 0 saturated carbocycles. The number of nitriles is 1. The predicted molar refractivity (Wildman–Crippen MR) is 141 cm³/mol. The molecule has 0 aliphatic heterocycles. The van der Waals surface area contributed by atoms with Crippen molar-refractivity contribution < 1.29 is 4.79 Å². The van der Waals surface area contributed by atoms with Crippen LogP contribution in [0, 0.1) is 17.2 Å². The summed E-state index contributed by atoms with van der Waals surface area (Å²) in [4.78, 5) is 14.1. The number of hydrogen-bond donors (Lipinski definition) is 1. The van der Waals surface area contributed by atoms with Crippen LogP contribution in [-0.2, 0) is 17.6 Å². The van der Waals surface area contributed by atoms with Gasteiger partial charge >= 0.3 is 0 Å². The zero-order chi connectivity index (χ0) is 24.4. The number of fused-ring (bicyclic) bond motifs is 1. The normalized spacial score (nSPS) is 14.8. The number of para-hydroxylation sites is 1. The molecule has 1 atom stereocenters. The Balaban J connectivity index is 1.37. The van der Waals surface area contributed by atoms with Gasteiger partial charge in [-0.3, -0.25) is 9.36 Å². The minimum Gasteiger partial charge on any atom is -0.316 e. The molecule has 4 aromatic rings. The second-order valence-corrected chi connectivity index (χ2v) is 11.0. The number of rotatable bonds is 6. The fraction of sp³-hybridized carbons (Fsp3) is 0.231. The first kappa shape index (κ1) is 23.6. The molecule has 9 heteroatoms. The maximum absolute atomic E-state index is 12.9. The molecule has 1 N–H and O–H groups in total. The van der Waals surface area contributed by atoms with Crippen LogP contribution in [0.25, 0.3) is 17.1 Å². The molecule has 0 saturated heterocycles. The van der Waals surface area contributed by atoms with Crippen LogP contribution in [0.2, 0.25) is 5.02 Å². The first-order valence-electron chi connectivity index (χ1n) is 11.3. The van der Waals surface area contributed by atoms with Crippen molar-refractivity contribution in [3.63, 3.8) is 0 Å². The lowest BCUT2D eigenvalue weighted by Gasteiger charge is -2.17. The lowest BCUT2D eigenvalue weighted by atomic mass is 9.89. The van der Waals surface area contributed by atoms with Gasteiger partial charge in [0, 0.05) is 21.2 Å². The van der Waals surface area contributed by atoms with Crippen LogP contribution in [0.3, 0.4) is 0 Å². The van der Waals surface area contributed by atoms with Crippen molar-refractivity contribution in [3.05, 3.63) is 75.6 Å². The highest BCUT2D eigenvalue weighted by atomic mass is 35.5. The van der Waals surface area contributed by atoms with Gasteiger partial charge in [-0.25, -0.2) is 0 Å². The van der Waals surface area contributed by atoms with Crippen molar-refractivity contribution in [3.8, 4) is 23.1 Å². The summed E-state index contributed by atoms with van der Waals surface area (Å²) in [5, 5.41) is 23.4. The van der Waals surface area contributed by atoms with Gasteiger partial charge in [0.05, 0.1) is 11.3 Å². The molecule has 0 spiro atoms. The number of halogens is 1. The maximum atomic E-state index is 12.9. The number of thioether (sulfide) groups is 1. The summed E-state index contributed by atoms with van der Waals surface area (Å²) in [7, 11) is 0. The molecule has 1 amide bonds. The van der Waals surface area contributed by atoms with Crippen LogP contribution >= 0.6 is 34.7 Å². The minimum atomic E-state index is -0.172. The van der Waals surface area contributed by atoms with E-state index in [1.165, 1.54) is 28.0 Å². The molecule has 1 unspecified atom stereocenters. The van der Waals surface area contributed by atoms with Crippen LogP contribution in [-0.4, -0.2) is 26.4 Å². The highest BCUT2D eigenvalue weighted by molar-refractivity contribution is 7.99. The van der Waals surface area contributed by atoms with Gasteiger partial charge in [0.15, 0.2) is 11.0 Å². The van der Waals surface area contributed by atoms with E-state index < -0.39 is 0 Å². The van der Waals surface area contributed by atoms with E-state index in [1.807, 2.05) is 59.2 Å². The SMILES string of the molecule is CC1CCc2c(sc(NC(=O)CSc3nnc(-c4ccc(Cl)cc4)n3-c3ccccc3)c2C#N)C1. The van der Waals surface area contributed by atoms with Gasteiger partial charge in [-0.05, 0) is 67.1 Å². The highest BCUT2D eigenvalue weighted by Gasteiger charge is 2.25. The third-order valence-corrected chi connectivity index (χ3v) is 8.31. The third kappa shape index (κ3) is 4.98. The molecule has 5 rings (SSSR count). The van der Waals surface area contributed by atoms with Crippen LogP contribution in [0.15, 0.2) is 59.8 Å². The van der Waals surface area contributed by atoms with E-state index in [1.54, 1.807) is 0 Å². The number of amides is 1. The summed E-state index contributed by atoms with van der Waals surface area (Å²) < 4.78 is 1.94. The summed E-state index contributed by atoms with van der Waals surface area (Å²) in [6.07, 6.45) is 2.94. The molecule has 1 aliphatic carbocycles. The summed E-state index contributed by atoms with van der Waals surface area (Å²) in [6, 6.07) is 19.5. The zero-order valence-electron chi connectivity index (χ0n) is 19.0. The maximum Gasteiger partial charge on any atom is 0.235 e. The number of thiophene rings is 1. The first-order chi connectivity index (χ1) is 17.0. The molecule has 1 aliphatic rings. The molecule has 0 fully saturated rings. The van der Waals surface area contributed by atoms with E-state index in [-0.39, 0.29) is 11.7 Å². The number of anilines is 1. The fourth-order valence-corrected chi connectivity index (χ4v) is 6.46. The topological polar surface area (TPSA) is 83.6 Å². The summed E-state index contributed by atoms with van der Waals surface area (Å²) in [6.45, 7) is 2.23. The van der Waals surface area contributed by atoms with E-state index in [0.717, 1.165) is 36.1 Å². The van der Waals surface area contributed by atoms with Gasteiger partial charge in [0.25, 0.3) is 0 Å². The van der Waals surface area contributed by atoms with Gasteiger partial charge in [-0.2, -0.15) is 5.26 Å². The van der Waals surface area contributed by atoms with Crippen molar-refractivity contribution in [2.45, 2.75) is 31.3 Å². The van der Waals surface area contributed by atoms with E-state index in [0.29, 0.717) is 32.5 Å². The molecule has 2 aromatic carbocycles. The number of carbonyl (C=O) groups excluding carboxylic acids is 1. The van der Waals surface area contributed by atoms with E-state index >= 15 is 0 Å². The van der Waals surface area contributed by atoms with Gasteiger partial charge in [-0.15, -0.1) is 21.5 Å². The molecular formula is C26H22ClN5OS2. The molecular weight excluding hydrogens is 498 g/mol.